The molecule has 2 aromatic carbocycles. The highest BCUT2D eigenvalue weighted by Crippen LogP contribution is 2.33. The molecule has 4 nitrogen and oxygen atoms in total. The number of hydrogen-bond donors (Lipinski definition) is 2. The van der Waals surface area contributed by atoms with Crippen molar-refractivity contribution in [3.05, 3.63) is 41.0 Å². The fourth-order valence-corrected chi connectivity index (χ4v) is 2.25. The van der Waals surface area contributed by atoms with Crippen LogP contribution in [-0.4, -0.2) is 16.8 Å². The largest absolute Gasteiger partial charge is 0.508 e. The van der Waals surface area contributed by atoms with E-state index in [9.17, 15) is 9.90 Å². The van der Waals surface area contributed by atoms with E-state index in [0.29, 0.717) is 16.7 Å². The Labute approximate surface area is 97.4 Å². The first-order chi connectivity index (χ1) is 8.09. The molecule has 0 unspecified atom stereocenters. The minimum Gasteiger partial charge on any atom is -0.508 e. The Morgan fingerprint density at radius 1 is 1.24 bits per heavy atom. The lowest BCUT2D eigenvalue weighted by Gasteiger charge is -2.09. The molecule has 0 saturated carbocycles. The molecule has 84 valence electrons. The highest BCUT2D eigenvalue weighted by Gasteiger charge is 2.24. The number of aryl methyl sites for hydroxylation is 1. The van der Waals surface area contributed by atoms with E-state index < -0.39 is 0 Å². The van der Waals surface area contributed by atoms with E-state index in [0.717, 1.165) is 10.8 Å². The molecule has 17 heavy (non-hydrogen) atoms. The molecule has 2 aromatic rings. The predicted molar refractivity (Wildman–Crippen MR) is 65.4 cm³/mol. The monoisotopic (exact) mass is 226 g/mol. The van der Waals surface area contributed by atoms with E-state index in [1.807, 2.05) is 6.07 Å². The van der Waals surface area contributed by atoms with Crippen molar-refractivity contribution in [1.29, 1.82) is 0 Å². The second-order valence-electron chi connectivity index (χ2n) is 4.10. The van der Waals surface area contributed by atoms with Gasteiger partial charge in [0.05, 0.1) is 5.56 Å². The van der Waals surface area contributed by atoms with Gasteiger partial charge in [-0.1, -0.05) is 12.1 Å². The Bertz CT molecular complexity index is 702. The number of phenols is 1. The summed E-state index contributed by atoms with van der Waals surface area (Å²) in [5.41, 5.74) is 7.63. The van der Waals surface area contributed by atoms with Gasteiger partial charge in [0.1, 0.15) is 11.6 Å². The van der Waals surface area contributed by atoms with E-state index in [1.165, 1.54) is 0 Å². The van der Waals surface area contributed by atoms with Gasteiger partial charge in [-0.2, -0.15) is 4.99 Å². The number of carbonyl (C=O) groups is 1. The van der Waals surface area contributed by atoms with E-state index in [-0.39, 0.29) is 17.5 Å². The van der Waals surface area contributed by atoms with Crippen molar-refractivity contribution in [3.63, 3.8) is 0 Å². The summed E-state index contributed by atoms with van der Waals surface area (Å²) in [6, 6.07) is 6.99. The normalized spacial score (nSPS) is 13.9. The number of rotatable bonds is 0. The number of benzene rings is 2. The number of carbonyl (C=O) groups excluding carboxylic acids is 1. The van der Waals surface area contributed by atoms with Crippen LogP contribution in [-0.2, 0) is 0 Å². The van der Waals surface area contributed by atoms with Gasteiger partial charge in [-0.05, 0) is 35.4 Å². The van der Waals surface area contributed by atoms with Gasteiger partial charge in [-0.15, -0.1) is 0 Å². The van der Waals surface area contributed by atoms with Crippen LogP contribution in [0, 0.1) is 6.92 Å². The number of phenolic OH excluding ortho intramolecular Hbond substituents is 1. The van der Waals surface area contributed by atoms with Crippen molar-refractivity contribution in [3.8, 4) is 5.75 Å². The minimum atomic E-state index is -0.317. The van der Waals surface area contributed by atoms with Gasteiger partial charge in [-0.25, -0.2) is 0 Å². The molecule has 1 aliphatic rings. The number of aromatic hydroxyl groups is 1. The molecule has 1 aliphatic heterocycles. The average molecular weight is 226 g/mol. The second kappa shape index (κ2) is 3.07. The summed E-state index contributed by atoms with van der Waals surface area (Å²) < 4.78 is 0. The first kappa shape index (κ1) is 9.84. The molecule has 3 rings (SSSR count). The van der Waals surface area contributed by atoms with Crippen LogP contribution in [0.1, 0.15) is 21.5 Å². The molecule has 0 fully saturated rings. The Morgan fingerprint density at radius 3 is 2.71 bits per heavy atom. The highest BCUT2D eigenvalue weighted by molar-refractivity contribution is 6.25. The lowest BCUT2D eigenvalue weighted by molar-refractivity contribution is 0.101. The van der Waals surface area contributed by atoms with Crippen molar-refractivity contribution in [2.75, 3.05) is 0 Å². The van der Waals surface area contributed by atoms with Crippen molar-refractivity contribution >= 4 is 22.5 Å². The Balaban J connectivity index is 2.55. The Morgan fingerprint density at radius 2 is 1.94 bits per heavy atom. The van der Waals surface area contributed by atoms with Crippen molar-refractivity contribution in [2.45, 2.75) is 6.92 Å². The van der Waals surface area contributed by atoms with Gasteiger partial charge in [0.25, 0.3) is 5.91 Å². The average Bonchev–Trinajstić information content (AvgIpc) is 2.60. The molecule has 0 saturated heterocycles. The molecule has 0 aromatic heterocycles. The summed E-state index contributed by atoms with van der Waals surface area (Å²) in [6.07, 6.45) is 0. The van der Waals surface area contributed by atoms with Crippen molar-refractivity contribution in [1.82, 2.24) is 0 Å². The van der Waals surface area contributed by atoms with E-state index in [4.69, 9.17) is 5.73 Å². The van der Waals surface area contributed by atoms with E-state index >= 15 is 0 Å². The summed E-state index contributed by atoms with van der Waals surface area (Å²) in [5, 5.41) is 11.5. The Hall–Kier alpha value is -2.36. The number of amides is 1. The summed E-state index contributed by atoms with van der Waals surface area (Å²) in [5.74, 6) is 0.101. The van der Waals surface area contributed by atoms with Crippen LogP contribution < -0.4 is 5.73 Å². The molecule has 3 N–H and O–H groups in total. The molecule has 0 atom stereocenters. The third kappa shape index (κ3) is 1.18. The Kier molecular flexibility index (Phi) is 1.78. The molecule has 0 aliphatic carbocycles. The molecule has 0 bridgehead atoms. The van der Waals surface area contributed by atoms with Crippen LogP contribution in [0.15, 0.2) is 29.3 Å². The van der Waals surface area contributed by atoms with Gasteiger partial charge in [0, 0.05) is 5.56 Å². The van der Waals surface area contributed by atoms with Crippen LogP contribution in [0.2, 0.25) is 0 Å². The van der Waals surface area contributed by atoms with Crippen LogP contribution >= 0.6 is 0 Å². The maximum atomic E-state index is 11.6. The number of aliphatic imine (C=N–C) groups is 1. The number of nitrogens with two attached hydrogens (primary N) is 1. The summed E-state index contributed by atoms with van der Waals surface area (Å²) in [6.45, 7) is 1.80. The standard InChI is InChI=1S/C13H10N2O2/c1-6-9(16)5-3-7-2-4-8-11(10(6)7)12(14)15-13(8)17/h2-5,16H,1H3,(H2,14,15,17). The summed E-state index contributed by atoms with van der Waals surface area (Å²) in [4.78, 5) is 15.3. The maximum absolute atomic E-state index is 11.6. The van der Waals surface area contributed by atoms with Crippen LogP contribution in [0.5, 0.6) is 5.75 Å². The number of hydrogen-bond acceptors (Lipinski definition) is 3. The molecule has 1 amide bonds. The fourth-order valence-electron chi connectivity index (χ4n) is 2.25. The van der Waals surface area contributed by atoms with E-state index in [1.54, 1.807) is 25.1 Å². The van der Waals surface area contributed by atoms with Gasteiger partial charge in [0.15, 0.2) is 0 Å². The molecular weight excluding hydrogens is 216 g/mol. The van der Waals surface area contributed by atoms with Crippen LogP contribution in [0.25, 0.3) is 10.8 Å². The molecular formula is C13H10N2O2. The lowest BCUT2D eigenvalue weighted by atomic mass is 9.95. The van der Waals surface area contributed by atoms with Crippen LogP contribution in [0.4, 0.5) is 0 Å². The third-order valence-electron chi connectivity index (χ3n) is 3.13. The smallest absolute Gasteiger partial charge is 0.279 e. The number of fused-ring (bicyclic) bond motifs is 3. The topological polar surface area (TPSA) is 75.7 Å². The summed E-state index contributed by atoms with van der Waals surface area (Å²) in [7, 11) is 0. The number of amidine groups is 1. The molecule has 1 heterocycles. The summed E-state index contributed by atoms with van der Waals surface area (Å²) >= 11 is 0. The van der Waals surface area contributed by atoms with Gasteiger partial charge in [-0.3, -0.25) is 4.79 Å². The lowest BCUT2D eigenvalue weighted by Crippen LogP contribution is -2.11. The van der Waals surface area contributed by atoms with Gasteiger partial charge < -0.3 is 10.8 Å². The first-order valence-electron chi connectivity index (χ1n) is 5.23. The third-order valence-corrected chi connectivity index (χ3v) is 3.13. The van der Waals surface area contributed by atoms with Crippen molar-refractivity contribution in [2.24, 2.45) is 10.7 Å². The molecule has 4 heteroatoms. The SMILES string of the molecule is Cc1c(O)ccc2ccc3c(c12)C(N)=NC3=O. The molecule has 0 radical (unpaired) electrons. The highest BCUT2D eigenvalue weighted by atomic mass is 16.3. The maximum Gasteiger partial charge on any atom is 0.279 e. The minimum absolute atomic E-state index is 0.193. The van der Waals surface area contributed by atoms with Gasteiger partial charge in [0.2, 0.25) is 0 Å². The fraction of sp³-hybridized carbons (Fsp3) is 0.0769. The first-order valence-corrected chi connectivity index (χ1v) is 5.23. The predicted octanol–water partition coefficient (Wildman–Crippen LogP) is 1.71. The van der Waals surface area contributed by atoms with Crippen molar-refractivity contribution < 1.29 is 9.90 Å². The zero-order valence-electron chi connectivity index (χ0n) is 9.19. The zero-order valence-corrected chi connectivity index (χ0v) is 9.19. The van der Waals surface area contributed by atoms with Gasteiger partial charge >= 0.3 is 0 Å². The number of nitrogens with zero attached hydrogens (tertiary/aromatic N) is 1. The van der Waals surface area contributed by atoms with Crippen LogP contribution in [0.3, 0.4) is 0 Å². The van der Waals surface area contributed by atoms with E-state index in [2.05, 4.69) is 4.99 Å². The second-order valence-corrected chi connectivity index (χ2v) is 4.10. The zero-order chi connectivity index (χ0) is 12.2. The molecule has 0 spiro atoms. The quantitative estimate of drug-likeness (QED) is 0.718.